The molecule has 25 heavy (non-hydrogen) atoms. The molecule has 4 rings (SSSR count). The van der Waals surface area contributed by atoms with Crippen LogP contribution < -0.4 is 24.8 Å². The van der Waals surface area contributed by atoms with E-state index in [9.17, 15) is 0 Å². The molecule has 0 aliphatic rings. The molecule has 0 aromatic heterocycles. The van der Waals surface area contributed by atoms with E-state index >= 15 is 0 Å². The second kappa shape index (κ2) is 12.4. The molecule has 0 bridgehead atoms. The molecule has 0 spiro atoms. The van der Waals surface area contributed by atoms with E-state index < -0.39 is 0 Å². The third-order valence-electron chi connectivity index (χ3n) is 3.35. The zero-order chi connectivity index (χ0) is 16.7. The van der Waals surface area contributed by atoms with Crippen molar-refractivity contribution in [3.63, 3.8) is 0 Å². The van der Waals surface area contributed by atoms with Gasteiger partial charge in [-0.25, -0.2) is 11.6 Å². The molecule has 0 aliphatic heterocycles. The van der Waals surface area contributed by atoms with Gasteiger partial charge >= 0.3 is 41.3 Å². The fourth-order valence-electron chi connectivity index (χ4n) is 2.37. The molecular formula is C22H22Cl2Zr-2. The summed E-state index contributed by atoms with van der Waals surface area (Å²) in [4.78, 5) is 0. The van der Waals surface area contributed by atoms with Crippen LogP contribution in [0.3, 0.4) is 0 Å². The quantitative estimate of drug-likeness (QED) is 0.337. The average molecular weight is 449 g/mol. The van der Waals surface area contributed by atoms with Gasteiger partial charge in [0.1, 0.15) is 0 Å². The molecule has 4 aromatic rings. The Morgan fingerprint density at radius 2 is 1.24 bits per heavy atom. The third-order valence-corrected chi connectivity index (χ3v) is 3.35. The molecule has 3 heteroatoms. The van der Waals surface area contributed by atoms with Crippen molar-refractivity contribution in [2.75, 3.05) is 0 Å². The smallest absolute Gasteiger partial charge is 0.0771 e. The molecular weight excluding hydrogens is 426 g/mol. The first-order valence-electron chi connectivity index (χ1n) is 7.81. The van der Waals surface area contributed by atoms with Gasteiger partial charge in [-0.2, -0.15) is 18.2 Å². The number of fused-ring (bicyclic) bond motifs is 3. The Balaban J connectivity index is 0.000000410. The maximum absolute atomic E-state index is 2.24. The first-order valence-corrected chi connectivity index (χ1v) is 9.04. The fraction of sp³-hybridized carbons (Fsp3) is 0.136. The molecule has 0 amide bonds. The fourth-order valence-corrected chi connectivity index (χ4v) is 2.37. The van der Waals surface area contributed by atoms with E-state index in [-0.39, 0.29) is 24.8 Å². The van der Waals surface area contributed by atoms with E-state index in [2.05, 4.69) is 87.5 Å². The number of hydrogen-bond donors (Lipinski definition) is 0. The molecule has 0 nitrogen and oxygen atoms in total. The molecule has 0 radical (unpaired) electrons. The molecule has 0 atom stereocenters. The van der Waals surface area contributed by atoms with Gasteiger partial charge in [-0.15, -0.1) is 39.7 Å². The average Bonchev–Trinajstić information content (AvgIpc) is 3.13. The van der Waals surface area contributed by atoms with Crippen molar-refractivity contribution >= 4 is 24.8 Å². The maximum Gasteiger partial charge on any atom is -0.0771 e. The minimum Gasteiger partial charge on any atom is -1.00 e. The minimum absolute atomic E-state index is 0. The predicted octanol–water partition coefficient (Wildman–Crippen LogP) is 0.179. The van der Waals surface area contributed by atoms with E-state index in [4.69, 9.17) is 0 Å². The molecule has 0 unspecified atom stereocenters. The number of halogens is 2. The van der Waals surface area contributed by atoms with Crippen LogP contribution in [0.5, 0.6) is 0 Å². The number of aryl methyl sites for hydroxylation is 1. The van der Waals surface area contributed by atoms with Crippen LogP contribution in [-0.4, -0.2) is 3.21 Å². The summed E-state index contributed by atoms with van der Waals surface area (Å²) < 4.78 is 1.51. The second-order valence-corrected chi connectivity index (χ2v) is 8.24. The largest absolute Gasteiger partial charge is 1.00 e. The number of benzene rings is 2. The molecule has 0 aliphatic carbocycles. The van der Waals surface area contributed by atoms with Gasteiger partial charge in [0.25, 0.3) is 0 Å². The molecule has 0 saturated heterocycles. The summed E-state index contributed by atoms with van der Waals surface area (Å²) in [6, 6.07) is 27.5. The van der Waals surface area contributed by atoms with Crippen molar-refractivity contribution in [3.8, 4) is 0 Å². The summed E-state index contributed by atoms with van der Waals surface area (Å²) >= 11 is 1.55. The number of rotatable bonds is 0. The Morgan fingerprint density at radius 1 is 0.800 bits per heavy atom. The maximum atomic E-state index is 2.24. The van der Waals surface area contributed by atoms with Crippen molar-refractivity contribution in [1.29, 1.82) is 0 Å². The van der Waals surface area contributed by atoms with E-state index in [0.29, 0.717) is 0 Å². The van der Waals surface area contributed by atoms with Gasteiger partial charge < -0.3 is 24.8 Å². The van der Waals surface area contributed by atoms with Gasteiger partial charge in [-0.05, 0) is 0 Å². The molecule has 4 aromatic carbocycles. The molecule has 130 valence electrons. The van der Waals surface area contributed by atoms with Gasteiger partial charge in [0.05, 0.1) is 0 Å². The molecule has 0 fully saturated rings. The van der Waals surface area contributed by atoms with E-state index in [0.717, 1.165) is 0 Å². The van der Waals surface area contributed by atoms with Crippen LogP contribution in [0.1, 0.15) is 19.4 Å². The number of hydrogen-bond acceptors (Lipinski definition) is 0. The summed E-state index contributed by atoms with van der Waals surface area (Å²) in [7, 11) is 0. The standard InChI is InChI=1S/C13H9.C6H7.C3H6.2ClH.Zr/c1-3-7-12-10(5-1)9-11-6-2-4-8-13(11)12;1-6-4-2-3-5-6;1-3-2;;;/h1-9H;2-5H,1H3;1-2H3;2*1H;/q2*-1;;;;+2/p-2. The monoisotopic (exact) mass is 446 g/mol. The molecule has 0 N–H and O–H groups in total. The van der Waals surface area contributed by atoms with Crippen LogP contribution in [-0.2, 0) is 24.2 Å². The van der Waals surface area contributed by atoms with Gasteiger partial charge in [-0.3, -0.25) is 0 Å². The van der Waals surface area contributed by atoms with Crippen molar-refractivity contribution in [2.45, 2.75) is 20.8 Å². The summed E-state index contributed by atoms with van der Waals surface area (Å²) in [6.07, 6.45) is 0. The second-order valence-electron chi connectivity index (χ2n) is 5.78. The van der Waals surface area contributed by atoms with Crippen LogP contribution in [0.4, 0.5) is 0 Å². The zero-order valence-electron chi connectivity index (χ0n) is 14.8. The van der Waals surface area contributed by atoms with Gasteiger partial charge in [0.2, 0.25) is 0 Å². The summed E-state index contributed by atoms with van der Waals surface area (Å²) in [5, 5.41) is 5.39. The van der Waals surface area contributed by atoms with Crippen LogP contribution in [0.25, 0.3) is 21.5 Å². The first kappa shape index (κ1) is 24.0. The molecule has 0 saturated carbocycles. The van der Waals surface area contributed by atoms with Crippen molar-refractivity contribution < 1.29 is 49.0 Å². The van der Waals surface area contributed by atoms with E-state index in [1.54, 1.807) is 24.2 Å². The Hall–Kier alpha value is -1.01. The van der Waals surface area contributed by atoms with Crippen molar-refractivity contribution in [1.82, 2.24) is 0 Å². The van der Waals surface area contributed by atoms with Gasteiger partial charge in [-0.1, -0.05) is 43.3 Å². The summed E-state index contributed by atoms with van der Waals surface area (Å²) in [5.41, 5.74) is 1.34. The summed E-state index contributed by atoms with van der Waals surface area (Å²) in [6.45, 7) is 6.33. The zero-order valence-corrected chi connectivity index (χ0v) is 18.7. The Kier molecular flexibility index (Phi) is 11.9. The van der Waals surface area contributed by atoms with E-state index in [1.807, 2.05) is 12.1 Å². The van der Waals surface area contributed by atoms with Crippen LogP contribution >= 0.6 is 0 Å². The van der Waals surface area contributed by atoms with E-state index in [1.165, 1.54) is 30.3 Å². The third kappa shape index (κ3) is 7.82. The predicted molar refractivity (Wildman–Crippen MR) is 100 cm³/mol. The molecule has 0 heterocycles. The Morgan fingerprint density at radius 3 is 1.56 bits per heavy atom. The Labute approximate surface area is 178 Å². The Bertz CT molecular complexity index is 819. The SMILES string of the molecule is C[C](C)=[Zr+2].Cc1cc[cH-]c1.[Cl-].[Cl-].c1ccc2c(c1)[cH-]c1ccccc12. The normalized spacial score (nSPS) is 9.00. The van der Waals surface area contributed by atoms with Crippen molar-refractivity contribution in [2.24, 2.45) is 0 Å². The van der Waals surface area contributed by atoms with Gasteiger partial charge in [0, 0.05) is 0 Å². The minimum atomic E-state index is 0. The van der Waals surface area contributed by atoms with Crippen molar-refractivity contribution in [3.05, 3.63) is 84.4 Å². The van der Waals surface area contributed by atoms with Crippen LogP contribution in [0.15, 0.2) is 78.9 Å². The van der Waals surface area contributed by atoms with Crippen LogP contribution in [0.2, 0.25) is 0 Å². The van der Waals surface area contributed by atoms with Crippen LogP contribution in [0, 0.1) is 6.92 Å². The topological polar surface area (TPSA) is 0 Å². The van der Waals surface area contributed by atoms with Gasteiger partial charge in [0.15, 0.2) is 0 Å². The first-order chi connectivity index (χ1) is 11.1. The summed E-state index contributed by atoms with van der Waals surface area (Å²) in [5.74, 6) is 0.